The summed E-state index contributed by atoms with van der Waals surface area (Å²) in [6.07, 6.45) is 1.39. The van der Waals surface area contributed by atoms with Gasteiger partial charge in [0.2, 0.25) is 0 Å². The van der Waals surface area contributed by atoms with E-state index in [2.05, 4.69) is 4.98 Å². The van der Waals surface area contributed by atoms with Gasteiger partial charge < -0.3 is 9.84 Å². The van der Waals surface area contributed by atoms with Crippen LogP contribution in [-0.2, 0) is 6.61 Å². The van der Waals surface area contributed by atoms with Crippen molar-refractivity contribution >= 4 is 5.97 Å². The Morgan fingerprint density at radius 2 is 1.88 bits per heavy atom. The second kappa shape index (κ2) is 6.96. The number of benzene rings is 2. The Hall–Kier alpha value is -3.14. The van der Waals surface area contributed by atoms with Crippen molar-refractivity contribution in [2.45, 2.75) is 13.5 Å². The lowest BCUT2D eigenvalue weighted by Crippen LogP contribution is -2.02. The van der Waals surface area contributed by atoms with Crippen molar-refractivity contribution in [3.8, 4) is 16.9 Å². The largest absolute Gasteiger partial charge is 0.489 e. The van der Waals surface area contributed by atoms with E-state index < -0.39 is 5.97 Å². The van der Waals surface area contributed by atoms with E-state index in [1.165, 1.54) is 6.20 Å². The van der Waals surface area contributed by atoms with Crippen LogP contribution in [0.3, 0.4) is 0 Å². The quantitative estimate of drug-likeness (QED) is 0.760. The van der Waals surface area contributed by atoms with E-state index in [1.807, 2.05) is 61.5 Å². The molecular weight excluding hydrogens is 302 g/mol. The molecule has 120 valence electrons. The number of pyridine rings is 1. The van der Waals surface area contributed by atoms with Gasteiger partial charge in [-0.2, -0.15) is 0 Å². The van der Waals surface area contributed by atoms with Crippen LogP contribution in [0.25, 0.3) is 11.1 Å². The van der Waals surface area contributed by atoms with Crippen molar-refractivity contribution < 1.29 is 14.6 Å². The maximum atomic E-state index is 11.4. The molecule has 0 atom stereocenters. The summed E-state index contributed by atoms with van der Waals surface area (Å²) in [5, 5.41) is 9.37. The number of aromatic carboxylic acids is 1. The number of carboxylic acid groups (broad SMARTS) is 1. The van der Waals surface area contributed by atoms with E-state index in [4.69, 9.17) is 4.74 Å². The summed E-state index contributed by atoms with van der Waals surface area (Å²) in [5.74, 6) is -0.296. The predicted octanol–water partition coefficient (Wildman–Crippen LogP) is 4.33. The molecule has 0 aliphatic rings. The van der Waals surface area contributed by atoms with E-state index in [1.54, 1.807) is 6.07 Å². The lowest BCUT2D eigenvalue weighted by molar-refractivity contribution is 0.0697. The van der Waals surface area contributed by atoms with Crippen molar-refractivity contribution in [1.82, 2.24) is 4.98 Å². The van der Waals surface area contributed by atoms with Gasteiger partial charge in [0.25, 0.3) is 0 Å². The molecule has 1 N–H and O–H groups in total. The first kappa shape index (κ1) is 15.7. The SMILES string of the molecule is Cc1cc(-c2cccc(OCc3ccccc3)c2)c(C(=O)O)cn1. The van der Waals surface area contributed by atoms with Crippen LogP contribution in [0.2, 0.25) is 0 Å². The van der Waals surface area contributed by atoms with E-state index in [0.29, 0.717) is 17.9 Å². The van der Waals surface area contributed by atoms with Crippen LogP contribution in [0, 0.1) is 6.92 Å². The van der Waals surface area contributed by atoms with E-state index in [-0.39, 0.29) is 5.56 Å². The van der Waals surface area contributed by atoms with Crippen LogP contribution in [0.1, 0.15) is 21.6 Å². The van der Waals surface area contributed by atoms with Crippen molar-refractivity contribution in [2.24, 2.45) is 0 Å². The molecule has 4 nitrogen and oxygen atoms in total. The fourth-order valence-electron chi connectivity index (χ4n) is 2.46. The van der Waals surface area contributed by atoms with Gasteiger partial charge in [0.15, 0.2) is 0 Å². The number of aromatic nitrogens is 1. The van der Waals surface area contributed by atoms with Gasteiger partial charge in [0, 0.05) is 11.9 Å². The minimum Gasteiger partial charge on any atom is -0.489 e. The predicted molar refractivity (Wildman–Crippen MR) is 92.1 cm³/mol. The van der Waals surface area contributed by atoms with Gasteiger partial charge >= 0.3 is 5.97 Å². The molecule has 0 aliphatic carbocycles. The van der Waals surface area contributed by atoms with Crippen LogP contribution in [0.5, 0.6) is 5.75 Å². The Labute approximate surface area is 140 Å². The zero-order valence-corrected chi connectivity index (χ0v) is 13.3. The summed E-state index contributed by atoms with van der Waals surface area (Å²) in [6, 6.07) is 19.1. The summed E-state index contributed by atoms with van der Waals surface area (Å²) in [7, 11) is 0. The normalized spacial score (nSPS) is 10.4. The lowest BCUT2D eigenvalue weighted by Gasteiger charge is -2.10. The number of hydrogen-bond donors (Lipinski definition) is 1. The highest BCUT2D eigenvalue weighted by atomic mass is 16.5. The minimum atomic E-state index is -0.992. The standard InChI is InChI=1S/C20H17NO3/c1-14-10-18(19(12-21-14)20(22)23)16-8-5-9-17(11-16)24-13-15-6-3-2-4-7-15/h2-12H,13H2,1H3,(H,22,23). The van der Waals surface area contributed by atoms with Crippen molar-refractivity contribution in [3.63, 3.8) is 0 Å². The summed E-state index contributed by atoms with van der Waals surface area (Å²) in [4.78, 5) is 15.5. The summed E-state index contributed by atoms with van der Waals surface area (Å²) in [5.41, 5.74) is 3.46. The monoisotopic (exact) mass is 319 g/mol. The Morgan fingerprint density at radius 3 is 2.62 bits per heavy atom. The number of hydrogen-bond acceptors (Lipinski definition) is 3. The third-order valence-electron chi connectivity index (χ3n) is 3.66. The molecular formula is C20H17NO3. The summed E-state index contributed by atoms with van der Waals surface area (Å²) in [6.45, 7) is 2.30. The average molecular weight is 319 g/mol. The molecule has 2 aromatic carbocycles. The zero-order chi connectivity index (χ0) is 16.9. The Morgan fingerprint density at radius 1 is 1.08 bits per heavy atom. The van der Waals surface area contributed by atoms with Crippen LogP contribution in [-0.4, -0.2) is 16.1 Å². The summed E-state index contributed by atoms with van der Waals surface area (Å²) >= 11 is 0. The van der Waals surface area contributed by atoms with Gasteiger partial charge in [-0.25, -0.2) is 4.79 Å². The zero-order valence-electron chi connectivity index (χ0n) is 13.3. The Balaban J connectivity index is 1.88. The lowest BCUT2D eigenvalue weighted by atomic mass is 10.0. The minimum absolute atomic E-state index is 0.181. The Kier molecular flexibility index (Phi) is 4.57. The molecule has 0 saturated heterocycles. The van der Waals surface area contributed by atoms with Crippen LogP contribution < -0.4 is 4.74 Å². The molecule has 0 spiro atoms. The van der Waals surface area contributed by atoms with Crippen LogP contribution in [0.15, 0.2) is 66.9 Å². The molecule has 0 amide bonds. The third-order valence-corrected chi connectivity index (χ3v) is 3.66. The number of carbonyl (C=O) groups is 1. The molecule has 4 heteroatoms. The molecule has 3 rings (SSSR count). The van der Waals surface area contributed by atoms with Gasteiger partial charge in [0.05, 0.1) is 5.56 Å². The first-order valence-corrected chi connectivity index (χ1v) is 7.60. The van der Waals surface area contributed by atoms with E-state index >= 15 is 0 Å². The van der Waals surface area contributed by atoms with E-state index in [9.17, 15) is 9.90 Å². The Bertz CT molecular complexity index is 860. The molecule has 24 heavy (non-hydrogen) atoms. The first-order valence-electron chi connectivity index (χ1n) is 7.60. The van der Waals surface area contributed by atoms with Crippen LogP contribution >= 0.6 is 0 Å². The highest BCUT2D eigenvalue weighted by molar-refractivity contribution is 5.95. The molecule has 0 radical (unpaired) electrons. The van der Waals surface area contributed by atoms with Crippen molar-refractivity contribution in [3.05, 3.63) is 83.7 Å². The smallest absolute Gasteiger partial charge is 0.337 e. The average Bonchev–Trinajstić information content (AvgIpc) is 2.61. The second-order valence-corrected chi connectivity index (χ2v) is 5.48. The fraction of sp³-hybridized carbons (Fsp3) is 0.100. The van der Waals surface area contributed by atoms with Gasteiger partial charge in [-0.05, 0) is 41.8 Å². The highest BCUT2D eigenvalue weighted by Gasteiger charge is 2.13. The number of aryl methyl sites for hydroxylation is 1. The fourth-order valence-corrected chi connectivity index (χ4v) is 2.46. The second-order valence-electron chi connectivity index (χ2n) is 5.48. The number of carboxylic acids is 1. The maximum Gasteiger partial charge on any atom is 0.337 e. The molecule has 1 aromatic heterocycles. The molecule has 0 saturated carbocycles. The molecule has 0 aliphatic heterocycles. The van der Waals surface area contributed by atoms with Gasteiger partial charge in [-0.1, -0.05) is 42.5 Å². The number of rotatable bonds is 5. The topological polar surface area (TPSA) is 59.4 Å². The van der Waals surface area contributed by atoms with Gasteiger partial charge in [-0.3, -0.25) is 4.98 Å². The van der Waals surface area contributed by atoms with Gasteiger partial charge in [-0.15, -0.1) is 0 Å². The molecule has 3 aromatic rings. The first-order chi connectivity index (χ1) is 11.6. The maximum absolute atomic E-state index is 11.4. The molecule has 1 heterocycles. The molecule has 0 fully saturated rings. The molecule has 0 bridgehead atoms. The molecule has 0 unspecified atom stereocenters. The summed E-state index contributed by atoms with van der Waals surface area (Å²) < 4.78 is 5.82. The number of ether oxygens (including phenoxy) is 1. The van der Waals surface area contributed by atoms with Crippen molar-refractivity contribution in [1.29, 1.82) is 0 Å². The van der Waals surface area contributed by atoms with Crippen LogP contribution in [0.4, 0.5) is 0 Å². The highest BCUT2D eigenvalue weighted by Crippen LogP contribution is 2.27. The number of nitrogens with zero attached hydrogens (tertiary/aromatic N) is 1. The van der Waals surface area contributed by atoms with Crippen molar-refractivity contribution in [2.75, 3.05) is 0 Å². The van der Waals surface area contributed by atoms with Gasteiger partial charge in [0.1, 0.15) is 12.4 Å². The third kappa shape index (κ3) is 3.60. The van der Waals surface area contributed by atoms with E-state index in [0.717, 1.165) is 16.8 Å².